The van der Waals surface area contributed by atoms with Gasteiger partial charge in [-0.2, -0.15) is 0 Å². The zero-order valence-electron chi connectivity index (χ0n) is 11.6. The third-order valence-corrected chi connectivity index (χ3v) is 3.02. The van der Waals surface area contributed by atoms with Crippen LogP contribution in [0.5, 0.6) is 5.75 Å². The third kappa shape index (κ3) is 2.53. The maximum atomic E-state index is 10.8. The molecule has 0 saturated carbocycles. The summed E-state index contributed by atoms with van der Waals surface area (Å²) in [7, 11) is 1.58. The second-order valence-electron chi connectivity index (χ2n) is 4.42. The Labute approximate surface area is 124 Å². The number of para-hydroxylation sites is 1. The Balaban J connectivity index is 1.98. The average molecular weight is 300 g/mol. The average Bonchev–Trinajstić information content (AvgIpc) is 3.15. The molecule has 0 aliphatic rings. The highest BCUT2D eigenvalue weighted by atomic mass is 16.5. The molecule has 0 amide bonds. The number of tetrazole rings is 1. The zero-order valence-corrected chi connectivity index (χ0v) is 11.6. The van der Waals surface area contributed by atoms with Crippen molar-refractivity contribution in [3.05, 3.63) is 36.4 Å². The molecule has 3 aromatic rings. The number of rotatable bonds is 5. The molecule has 0 fully saturated rings. The van der Waals surface area contributed by atoms with Gasteiger partial charge in [-0.15, -0.1) is 5.10 Å². The summed E-state index contributed by atoms with van der Waals surface area (Å²) in [6.45, 7) is -0.340. The molecule has 1 N–H and O–H groups in total. The fourth-order valence-electron chi connectivity index (χ4n) is 2.07. The lowest BCUT2D eigenvalue weighted by Gasteiger charge is -2.05. The van der Waals surface area contributed by atoms with Crippen molar-refractivity contribution in [2.45, 2.75) is 6.54 Å². The first-order valence-electron chi connectivity index (χ1n) is 6.40. The Hall–Kier alpha value is -3.16. The van der Waals surface area contributed by atoms with Crippen molar-refractivity contribution in [3.8, 4) is 28.7 Å². The molecule has 0 spiro atoms. The first-order chi connectivity index (χ1) is 10.7. The summed E-state index contributed by atoms with van der Waals surface area (Å²) in [5, 5.41) is 19.8. The molecule has 0 aliphatic heterocycles. The van der Waals surface area contributed by atoms with E-state index < -0.39 is 5.97 Å². The Morgan fingerprint density at radius 2 is 2.05 bits per heavy atom. The minimum absolute atomic E-state index is 0.253. The Kier molecular flexibility index (Phi) is 3.57. The topological polar surface area (TPSA) is 103 Å². The Morgan fingerprint density at radius 3 is 2.82 bits per heavy atom. The van der Waals surface area contributed by atoms with Gasteiger partial charge in [0.2, 0.25) is 5.82 Å². The molecule has 3 rings (SSSR count). The van der Waals surface area contributed by atoms with Gasteiger partial charge in [0.25, 0.3) is 0 Å². The van der Waals surface area contributed by atoms with Gasteiger partial charge in [-0.05, 0) is 34.7 Å². The SMILES string of the molecule is COc1ccccc1-c1ccc(-c2nnnn2CC(=O)O)o1. The van der Waals surface area contributed by atoms with Gasteiger partial charge in [0, 0.05) is 0 Å². The van der Waals surface area contributed by atoms with E-state index in [9.17, 15) is 4.79 Å². The molecular formula is C14H12N4O4. The number of carboxylic acid groups (broad SMARTS) is 1. The summed E-state index contributed by atoms with van der Waals surface area (Å²) in [6.07, 6.45) is 0. The van der Waals surface area contributed by atoms with Gasteiger partial charge in [0.05, 0.1) is 12.7 Å². The summed E-state index contributed by atoms with van der Waals surface area (Å²) in [5.74, 6) is 0.853. The highest BCUT2D eigenvalue weighted by Crippen LogP contribution is 2.33. The number of carbonyl (C=O) groups is 1. The van der Waals surface area contributed by atoms with Crippen molar-refractivity contribution in [2.75, 3.05) is 7.11 Å². The van der Waals surface area contributed by atoms with Crippen LogP contribution in [0.15, 0.2) is 40.8 Å². The second kappa shape index (κ2) is 5.68. The number of furan rings is 1. The number of nitrogens with zero attached hydrogens (tertiary/aromatic N) is 4. The molecule has 0 radical (unpaired) electrons. The van der Waals surface area contributed by atoms with Gasteiger partial charge in [-0.3, -0.25) is 4.79 Å². The molecule has 2 heterocycles. The van der Waals surface area contributed by atoms with Crippen LogP contribution in [0.4, 0.5) is 0 Å². The highest BCUT2D eigenvalue weighted by Gasteiger charge is 2.17. The van der Waals surface area contributed by atoms with Crippen LogP contribution in [0.2, 0.25) is 0 Å². The second-order valence-corrected chi connectivity index (χ2v) is 4.42. The van der Waals surface area contributed by atoms with E-state index in [4.69, 9.17) is 14.3 Å². The van der Waals surface area contributed by atoms with E-state index >= 15 is 0 Å². The molecule has 1 aromatic carbocycles. The van der Waals surface area contributed by atoms with Crippen LogP contribution in [0.25, 0.3) is 22.9 Å². The number of benzene rings is 1. The molecule has 8 nitrogen and oxygen atoms in total. The maximum absolute atomic E-state index is 10.8. The van der Waals surface area contributed by atoms with E-state index in [1.807, 2.05) is 24.3 Å². The monoisotopic (exact) mass is 300 g/mol. The standard InChI is InChI=1S/C14H12N4O4/c1-21-10-5-3-2-4-9(10)11-6-7-12(22-11)14-15-16-17-18(14)8-13(19)20/h2-7H,8H2,1H3,(H,19,20). The van der Waals surface area contributed by atoms with Crippen molar-refractivity contribution in [1.82, 2.24) is 20.2 Å². The van der Waals surface area contributed by atoms with Gasteiger partial charge in [0.15, 0.2) is 5.76 Å². The molecule has 22 heavy (non-hydrogen) atoms. The quantitative estimate of drug-likeness (QED) is 0.764. The fourth-order valence-corrected chi connectivity index (χ4v) is 2.07. The van der Waals surface area contributed by atoms with Crippen LogP contribution < -0.4 is 4.74 Å². The molecular weight excluding hydrogens is 288 g/mol. The number of hydrogen-bond acceptors (Lipinski definition) is 6. The summed E-state index contributed by atoms with van der Waals surface area (Å²) in [6, 6.07) is 10.9. The summed E-state index contributed by atoms with van der Waals surface area (Å²) >= 11 is 0. The van der Waals surface area contributed by atoms with Crippen molar-refractivity contribution >= 4 is 5.97 Å². The van der Waals surface area contributed by atoms with Crippen molar-refractivity contribution in [2.24, 2.45) is 0 Å². The third-order valence-electron chi connectivity index (χ3n) is 3.02. The van der Waals surface area contributed by atoms with E-state index in [2.05, 4.69) is 15.5 Å². The predicted octanol–water partition coefficient (Wildman–Crippen LogP) is 1.69. The van der Waals surface area contributed by atoms with Crippen molar-refractivity contribution in [1.29, 1.82) is 0 Å². The maximum Gasteiger partial charge on any atom is 0.325 e. The first-order valence-corrected chi connectivity index (χ1v) is 6.40. The molecule has 0 atom stereocenters. The van der Waals surface area contributed by atoms with E-state index in [1.54, 1.807) is 19.2 Å². The first kappa shape index (κ1) is 13.8. The minimum atomic E-state index is -1.04. The van der Waals surface area contributed by atoms with E-state index in [0.29, 0.717) is 17.3 Å². The van der Waals surface area contributed by atoms with Crippen LogP contribution in [-0.4, -0.2) is 38.4 Å². The van der Waals surface area contributed by atoms with Gasteiger partial charge in [-0.1, -0.05) is 12.1 Å². The Morgan fingerprint density at radius 1 is 1.27 bits per heavy atom. The summed E-state index contributed by atoms with van der Waals surface area (Å²) < 4.78 is 12.2. The van der Waals surface area contributed by atoms with Crippen LogP contribution >= 0.6 is 0 Å². The predicted molar refractivity (Wildman–Crippen MR) is 75.1 cm³/mol. The highest BCUT2D eigenvalue weighted by molar-refractivity contribution is 5.69. The van der Waals surface area contributed by atoms with Crippen molar-refractivity contribution < 1.29 is 19.1 Å². The van der Waals surface area contributed by atoms with Crippen molar-refractivity contribution in [3.63, 3.8) is 0 Å². The van der Waals surface area contributed by atoms with Crippen LogP contribution in [-0.2, 0) is 11.3 Å². The fraction of sp³-hybridized carbons (Fsp3) is 0.143. The van der Waals surface area contributed by atoms with E-state index in [-0.39, 0.29) is 12.4 Å². The number of hydrogen-bond donors (Lipinski definition) is 1. The molecule has 2 aromatic heterocycles. The van der Waals surface area contributed by atoms with Crippen LogP contribution in [0.1, 0.15) is 0 Å². The molecule has 0 unspecified atom stereocenters. The summed E-state index contributed by atoms with van der Waals surface area (Å²) in [4.78, 5) is 10.8. The number of aromatic nitrogens is 4. The van der Waals surface area contributed by atoms with E-state index in [0.717, 1.165) is 10.2 Å². The lowest BCUT2D eigenvalue weighted by Crippen LogP contribution is -2.11. The number of ether oxygens (including phenoxy) is 1. The van der Waals surface area contributed by atoms with Gasteiger partial charge < -0.3 is 14.3 Å². The van der Waals surface area contributed by atoms with Gasteiger partial charge in [-0.25, -0.2) is 4.68 Å². The van der Waals surface area contributed by atoms with Gasteiger partial charge >= 0.3 is 5.97 Å². The molecule has 0 aliphatic carbocycles. The number of methoxy groups -OCH3 is 1. The summed E-state index contributed by atoms with van der Waals surface area (Å²) in [5.41, 5.74) is 0.786. The van der Waals surface area contributed by atoms with Gasteiger partial charge in [0.1, 0.15) is 18.1 Å². The van der Waals surface area contributed by atoms with Crippen LogP contribution in [0, 0.1) is 0 Å². The molecule has 112 valence electrons. The number of aliphatic carboxylic acids is 1. The molecule has 0 bridgehead atoms. The zero-order chi connectivity index (χ0) is 15.5. The smallest absolute Gasteiger partial charge is 0.325 e. The van der Waals surface area contributed by atoms with E-state index in [1.165, 1.54) is 0 Å². The number of carboxylic acids is 1. The normalized spacial score (nSPS) is 10.6. The lowest BCUT2D eigenvalue weighted by atomic mass is 10.1. The Bertz CT molecular complexity index is 809. The largest absolute Gasteiger partial charge is 0.496 e. The van der Waals surface area contributed by atoms with Crippen LogP contribution in [0.3, 0.4) is 0 Å². The molecule has 0 saturated heterocycles. The minimum Gasteiger partial charge on any atom is -0.496 e. The lowest BCUT2D eigenvalue weighted by molar-refractivity contribution is -0.137. The molecule has 8 heteroatoms.